The van der Waals surface area contributed by atoms with E-state index in [4.69, 9.17) is 0 Å². The number of anilines is 3. The van der Waals surface area contributed by atoms with Gasteiger partial charge in [-0.05, 0) is 63.1 Å². The van der Waals surface area contributed by atoms with E-state index in [0.717, 1.165) is 17.7 Å². The SMILES string of the molecule is CC(=O)Nc1ccc(NC(=O)C(C)(C)C(=O)N2c3ccccc3CC2C)cc1. The number of nitrogens with one attached hydrogen (secondary N) is 2. The maximum Gasteiger partial charge on any atom is 0.242 e. The number of para-hydroxylation sites is 1. The number of hydrogen-bond donors (Lipinski definition) is 2. The maximum absolute atomic E-state index is 13.3. The van der Waals surface area contributed by atoms with Gasteiger partial charge >= 0.3 is 0 Å². The quantitative estimate of drug-likeness (QED) is 0.797. The average molecular weight is 379 g/mol. The first kappa shape index (κ1) is 19.6. The van der Waals surface area contributed by atoms with Crippen molar-refractivity contribution in [3.05, 3.63) is 54.1 Å². The predicted octanol–water partition coefficient (Wildman–Crippen LogP) is 3.59. The molecule has 0 saturated heterocycles. The van der Waals surface area contributed by atoms with Crippen LogP contribution >= 0.6 is 0 Å². The zero-order valence-electron chi connectivity index (χ0n) is 16.6. The van der Waals surface area contributed by atoms with Crippen LogP contribution in [0.25, 0.3) is 0 Å². The van der Waals surface area contributed by atoms with E-state index in [9.17, 15) is 14.4 Å². The Balaban J connectivity index is 1.75. The van der Waals surface area contributed by atoms with Gasteiger partial charge in [0.1, 0.15) is 5.41 Å². The topological polar surface area (TPSA) is 78.5 Å². The molecule has 146 valence electrons. The minimum atomic E-state index is -1.23. The van der Waals surface area contributed by atoms with Crippen molar-refractivity contribution in [3.63, 3.8) is 0 Å². The fourth-order valence-corrected chi connectivity index (χ4v) is 3.40. The minimum absolute atomic E-state index is 0.00825. The van der Waals surface area contributed by atoms with Crippen molar-refractivity contribution in [1.82, 2.24) is 0 Å². The molecule has 2 N–H and O–H groups in total. The third-order valence-corrected chi connectivity index (χ3v) is 4.99. The second-order valence-corrected chi connectivity index (χ2v) is 7.69. The van der Waals surface area contributed by atoms with Crippen LogP contribution in [-0.4, -0.2) is 23.8 Å². The predicted molar refractivity (Wildman–Crippen MR) is 110 cm³/mol. The summed E-state index contributed by atoms with van der Waals surface area (Å²) in [5, 5.41) is 5.48. The van der Waals surface area contributed by atoms with Crippen molar-refractivity contribution in [2.24, 2.45) is 5.41 Å². The Kier molecular flexibility index (Phi) is 5.23. The molecule has 0 aliphatic carbocycles. The Hall–Kier alpha value is -3.15. The fraction of sp³-hybridized carbons (Fsp3) is 0.318. The normalized spacial score (nSPS) is 15.7. The summed E-state index contributed by atoms with van der Waals surface area (Å²) in [4.78, 5) is 39.0. The van der Waals surface area contributed by atoms with Crippen LogP contribution in [0, 0.1) is 5.41 Å². The number of fused-ring (bicyclic) bond motifs is 1. The van der Waals surface area contributed by atoms with Crippen LogP contribution in [0.1, 0.15) is 33.3 Å². The summed E-state index contributed by atoms with van der Waals surface area (Å²) in [5.41, 5.74) is 1.97. The summed E-state index contributed by atoms with van der Waals surface area (Å²) in [6.45, 7) is 6.71. The molecule has 2 aromatic carbocycles. The highest BCUT2D eigenvalue weighted by molar-refractivity contribution is 6.15. The molecular formula is C22H25N3O3. The van der Waals surface area contributed by atoms with Crippen LogP contribution < -0.4 is 15.5 Å². The number of carbonyl (C=O) groups excluding carboxylic acids is 3. The molecule has 1 unspecified atom stereocenters. The monoisotopic (exact) mass is 379 g/mol. The van der Waals surface area contributed by atoms with Gasteiger partial charge in [0.25, 0.3) is 0 Å². The van der Waals surface area contributed by atoms with Crippen molar-refractivity contribution < 1.29 is 14.4 Å². The molecule has 1 aliphatic heterocycles. The molecule has 1 heterocycles. The molecule has 6 heteroatoms. The van der Waals surface area contributed by atoms with E-state index in [-0.39, 0.29) is 23.8 Å². The largest absolute Gasteiger partial charge is 0.326 e. The van der Waals surface area contributed by atoms with Crippen molar-refractivity contribution in [3.8, 4) is 0 Å². The molecule has 3 amide bonds. The highest BCUT2D eigenvalue weighted by Gasteiger charge is 2.43. The van der Waals surface area contributed by atoms with Gasteiger partial charge in [0.2, 0.25) is 17.7 Å². The Labute approximate surface area is 164 Å². The zero-order valence-corrected chi connectivity index (χ0v) is 16.6. The van der Waals surface area contributed by atoms with E-state index in [2.05, 4.69) is 10.6 Å². The number of carbonyl (C=O) groups is 3. The third kappa shape index (κ3) is 3.76. The van der Waals surface area contributed by atoms with Crippen molar-refractivity contribution in [1.29, 1.82) is 0 Å². The van der Waals surface area contributed by atoms with Crippen molar-refractivity contribution in [2.45, 2.75) is 40.2 Å². The molecule has 1 atom stereocenters. The fourth-order valence-electron chi connectivity index (χ4n) is 3.40. The second-order valence-electron chi connectivity index (χ2n) is 7.69. The molecular weight excluding hydrogens is 354 g/mol. The molecule has 0 radical (unpaired) electrons. The second kappa shape index (κ2) is 7.46. The molecule has 0 fully saturated rings. The lowest BCUT2D eigenvalue weighted by molar-refractivity contribution is -0.136. The summed E-state index contributed by atoms with van der Waals surface area (Å²) >= 11 is 0. The van der Waals surface area contributed by atoms with Crippen LogP contribution in [-0.2, 0) is 20.8 Å². The number of rotatable bonds is 4. The molecule has 0 bridgehead atoms. The van der Waals surface area contributed by atoms with Gasteiger partial charge in [-0.2, -0.15) is 0 Å². The van der Waals surface area contributed by atoms with Crippen LogP contribution in [0.2, 0.25) is 0 Å². The lowest BCUT2D eigenvalue weighted by atomic mass is 9.89. The van der Waals surface area contributed by atoms with Gasteiger partial charge in [-0.15, -0.1) is 0 Å². The van der Waals surface area contributed by atoms with Gasteiger partial charge in [0.15, 0.2) is 0 Å². The van der Waals surface area contributed by atoms with Crippen molar-refractivity contribution in [2.75, 3.05) is 15.5 Å². The summed E-state index contributed by atoms with van der Waals surface area (Å²) in [5.74, 6) is -0.762. The molecule has 28 heavy (non-hydrogen) atoms. The molecule has 0 aromatic heterocycles. The van der Waals surface area contributed by atoms with E-state index in [1.54, 1.807) is 43.0 Å². The van der Waals surface area contributed by atoms with Gasteiger partial charge in [-0.25, -0.2) is 0 Å². The van der Waals surface area contributed by atoms with Crippen molar-refractivity contribution >= 4 is 34.8 Å². The van der Waals surface area contributed by atoms with E-state index in [1.807, 2.05) is 31.2 Å². The lowest BCUT2D eigenvalue weighted by Gasteiger charge is -2.31. The number of amides is 3. The first-order chi connectivity index (χ1) is 13.2. The van der Waals surface area contributed by atoms with Crippen LogP contribution in [0.5, 0.6) is 0 Å². The van der Waals surface area contributed by atoms with Gasteiger partial charge in [0, 0.05) is 30.0 Å². The zero-order chi connectivity index (χ0) is 20.5. The third-order valence-electron chi connectivity index (χ3n) is 4.99. The van der Waals surface area contributed by atoms with Gasteiger partial charge in [0.05, 0.1) is 0 Å². The smallest absolute Gasteiger partial charge is 0.242 e. The van der Waals surface area contributed by atoms with Gasteiger partial charge < -0.3 is 15.5 Å². The molecule has 6 nitrogen and oxygen atoms in total. The summed E-state index contributed by atoms with van der Waals surface area (Å²) in [6.07, 6.45) is 0.782. The van der Waals surface area contributed by atoms with Gasteiger partial charge in [-0.3, -0.25) is 14.4 Å². The highest BCUT2D eigenvalue weighted by atomic mass is 16.2. The Morgan fingerprint density at radius 2 is 1.54 bits per heavy atom. The summed E-state index contributed by atoms with van der Waals surface area (Å²) in [7, 11) is 0. The highest BCUT2D eigenvalue weighted by Crippen LogP contribution is 2.35. The van der Waals surface area contributed by atoms with E-state index < -0.39 is 5.41 Å². The number of hydrogen-bond acceptors (Lipinski definition) is 3. The molecule has 2 aromatic rings. The Morgan fingerprint density at radius 1 is 0.964 bits per heavy atom. The minimum Gasteiger partial charge on any atom is -0.326 e. The molecule has 0 spiro atoms. The Bertz CT molecular complexity index is 919. The lowest BCUT2D eigenvalue weighted by Crippen LogP contribution is -2.49. The Morgan fingerprint density at radius 3 is 2.14 bits per heavy atom. The van der Waals surface area contributed by atoms with E-state index >= 15 is 0 Å². The average Bonchev–Trinajstić information content (AvgIpc) is 2.97. The van der Waals surface area contributed by atoms with Crippen LogP contribution in [0.4, 0.5) is 17.1 Å². The number of benzene rings is 2. The first-order valence-electron chi connectivity index (χ1n) is 9.31. The maximum atomic E-state index is 13.3. The molecule has 3 rings (SSSR count). The number of nitrogens with zero attached hydrogens (tertiary/aromatic N) is 1. The molecule has 1 aliphatic rings. The summed E-state index contributed by atoms with van der Waals surface area (Å²) in [6, 6.07) is 14.6. The van der Waals surface area contributed by atoms with Crippen LogP contribution in [0.3, 0.4) is 0 Å². The summed E-state index contributed by atoms with van der Waals surface area (Å²) < 4.78 is 0. The standard InChI is InChI=1S/C22H25N3O3/c1-14-13-16-7-5-6-8-19(16)25(14)21(28)22(3,4)20(27)24-18-11-9-17(10-12-18)23-15(2)26/h5-12,14H,13H2,1-4H3,(H,23,26)(H,24,27). The van der Waals surface area contributed by atoms with Gasteiger partial charge in [-0.1, -0.05) is 18.2 Å². The van der Waals surface area contributed by atoms with Crippen LogP contribution in [0.15, 0.2) is 48.5 Å². The first-order valence-corrected chi connectivity index (χ1v) is 9.31. The van der Waals surface area contributed by atoms with E-state index in [0.29, 0.717) is 11.4 Å². The molecule has 0 saturated carbocycles. The van der Waals surface area contributed by atoms with E-state index in [1.165, 1.54) is 6.92 Å².